The van der Waals surface area contributed by atoms with E-state index in [0.717, 1.165) is 0 Å². The van der Waals surface area contributed by atoms with Gasteiger partial charge in [-0.1, -0.05) is 6.58 Å². The second-order valence-electron chi connectivity index (χ2n) is 4.49. The SMILES string of the molecule is C=C1NC(=O)C=CN1[C@@H]1OC(COP(=O)(O)O)[C@@H](O)C1O. The van der Waals surface area contributed by atoms with Gasteiger partial charge in [0.15, 0.2) is 6.23 Å². The van der Waals surface area contributed by atoms with Gasteiger partial charge in [-0.15, -0.1) is 0 Å². The Kier molecular flexibility index (Phi) is 4.49. The second kappa shape index (κ2) is 5.85. The Labute approximate surface area is 119 Å². The van der Waals surface area contributed by atoms with Crippen LogP contribution in [0.25, 0.3) is 0 Å². The summed E-state index contributed by atoms with van der Waals surface area (Å²) in [5.41, 5.74) is 0. The Balaban J connectivity index is 2.06. The maximum Gasteiger partial charge on any atom is 0.469 e. The fourth-order valence-corrected chi connectivity index (χ4v) is 2.33. The van der Waals surface area contributed by atoms with Crippen LogP contribution in [0.1, 0.15) is 0 Å². The summed E-state index contributed by atoms with van der Waals surface area (Å²) in [7, 11) is -4.71. The molecule has 0 spiro atoms. The molecule has 2 unspecified atom stereocenters. The number of aliphatic hydroxyl groups is 2. The van der Waals surface area contributed by atoms with Gasteiger partial charge in [0, 0.05) is 12.3 Å². The van der Waals surface area contributed by atoms with E-state index < -0.39 is 44.9 Å². The largest absolute Gasteiger partial charge is 0.469 e. The third-order valence-corrected chi connectivity index (χ3v) is 3.47. The molecule has 1 fully saturated rings. The third kappa shape index (κ3) is 3.69. The van der Waals surface area contributed by atoms with E-state index in [1.54, 1.807) is 0 Å². The van der Waals surface area contributed by atoms with Crippen molar-refractivity contribution in [2.75, 3.05) is 6.61 Å². The standard InChI is InChI=1S/C10H15N2O8P/c1-5-11-7(13)2-3-12(5)10-9(15)8(14)6(20-10)4-19-21(16,17)18/h2-3,6,8-10,14-15H,1,4H2,(H,11,13)(H2,16,17,18)/t6?,8-,9?,10-/m1/s1. The predicted octanol–water partition coefficient (Wildman–Crippen LogP) is -2.04. The Bertz CT molecular complexity index is 517. The number of phosphoric acid groups is 1. The molecule has 2 heterocycles. The van der Waals surface area contributed by atoms with Crippen LogP contribution in [0, 0.1) is 0 Å². The van der Waals surface area contributed by atoms with Crippen molar-refractivity contribution in [2.24, 2.45) is 0 Å². The minimum atomic E-state index is -4.71. The lowest BCUT2D eigenvalue weighted by atomic mass is 10.1. The third-order valence-electron chi connectivity index (χ3n) is 2.98. The Hall–Kier alpha value is -1.26. The molecule has 10 nitrogen and oxygen atoms in total. The quantitative estimate of drug-likeness (QED) is 0.369. The van der Waals surface area contributed by atoms with Crippen LogP contribution in [-0.2, 0) is 18.6 Å². The van der Waals surface area contributed by atoms with Crippen molar-refractivity contribution in [2.45, 2.75) is 24.5 Å². The number of ether oxygens (including phenoxy) is 1. The zero-order valence-corrected chi connectivity index (χ0v) is 11.6. The van der Waals surface area contributed by atoms with Crippen LogP contribution >= 0.6 is 7.82 Å². The van der Waals surface area contributed by atoms with Crippen LogP contribution in [0.4, 0.5) is 0 Å². The molecule has 2 rings (SSSR count). The van der Waals surface area contributed by atoms with E-state index in [1.807, 2.05) is 0 Å². The first-order valence-electron chi connectivity index (χ1n) is 5.87. The van der Waals surface area contributed by atoms with Gasteiger partial charge in [-0.05, 0) is 0 Å². The zero-order chi connectivity index (χ0) is 15.8. The molecule has 0 bridgehead atoms. The highest BCUT2D eigenvalue weighted by Crippen LogP contribution is 2.37. The molecule has 0 aromatic carbocycles. The van der Waals surface area contributed by atoms with Gasteiger partial charge in [-0.2, -0.15) is 0 Å². The Morgan fingerprint density at radius 3 is 2.67 bits per heavy atom. The molecular formula is C10H15N2O8P. The number of rotatable bonds is 4. The van der Waals surface area contributed by atoms with Crippen molar-refractivity contribution in [1.82, 2.24) is 10.2 Å². The maximum absolute atomic E-state index is 11.1. The summed E-state index contributed by atoms with van der Waals surface area (Å²) in [6, 6.07) is 0. The summed E-state index contributed by atoms with van der Waals surface area (Å²) in [5.74, 6) is -0.263. The molecular weight excluding hydrogens is 307 g/mol. The number of nitrogens with zero attached hydrogens (tertiary/aromatic N) is 1. The van der Waals surface area contributed by atoms with Crippen LogP contribution in [0.5, 0.6) is 0 Å². The maximum atomic E-state index is 11.1. The molecule has 0 saturated carbocycles. The van der Waals surface area contributed by atoms with Gasteiger partial charge in [0.2, 0.25) is 0 Å². The van der Waals surface area contributed by atoms with Gasteiger partial charge in [-0.3, -0.25) is 9.32 Å². The molecule has 0 aromatic rings. The highest BCUT2D eigenvalue weighted by Gasteiger charge is 2.46. The molecule has 1 amide bonds. The highest BCUT2D eigenvalue weighted by atomic mass is 31.2. The van der Waals surface area contributed by atoms with Crippen LogP contribution < -0.4 is 5.32 Å². The number of carbonyl (C=O) groups is 1. The average Bonchev–Trinajstić information content (AvgIpc) is 2.64. The first kappa shape index (κ1) is 16.1. The van der Waals surface area contributed by atoms with Crippen molar-refractivity contribution in [1.29, 1.82) is 0 Å². The molecule has 2 aliphatic heterocycles. The number of amides is 1. The fraction of sp³-hybridized carbons (Fsp3) is 0.500. The number of aliphatic hydroxyl groups excluding tert-OH is 2. The lowest BCUT2D eigenvalue weighted by molar-refractivity contribution is -0.118. The van der Waals surface area contributed by atoms with E-state index in [2.05, 4.69) is 16.4 Å². The molecule has 0 radical (unpaired) electrons. The van der Waals surface area contributed by atoms with E-state index in [1.165, 1.54) is 17.2 Å². The molecule has 0 aromatic heterocycles. The summed E-state index contributed by atoms with van der Waals surface area (Å²) in [4.78, 5) is 29.6. The Morgan fingerprint density at radius 2 is 2.10 bits per heavy atom. The first-order valence-corrected chi connectivity index (χ1v) is 7.40. The summed E-state index contributed by atoms with van der Waals surface area (Å²) >= 11 is 0. The van der Waals surface area contributed by atoms with Gasteiger partial charge in [0.1, 0.15) is 24.1 Å². The Morgan fingerprint density at radius 1 is 1.43 bits per heavy atom. The van der Waals surface area contributed by atoms with Gasteiger partial charge in [0.25, 0.3) is 5.91 Å². The van der Waals surface area contributed by atoms with Gasteiger partial charge < -0.3 is 35.0 Å². The van der Waals surface area contributed by atoms with Crippen molar-refractivity contribution in [3.8, 4) is 0 Å². The van der Waals surface area contributed by atoms with E-state index in [9.17, 15) is 19.6 Å². The molecule has 0 aliphatic carbocycles. The number of phosphoric ester groups is 1. The van der Waals surface area contributed by atoms with Crippen LogP contribution in [0.3, 0.4) is 0 Å². The molecule has 11 heteroatoms. The first-order chi connectivity index (χ1) is 9.69. The van der Waals surface area contributed by atoms with E-state index in [-0.39, 0.29) is 5.82 Å². The minimum Gasteiger partial charge on any atom is -0.387 e. The minimum absolute atomic E-state index is 0.135. The molecule has 5 N–H and O–H groups in total. The summed E-state index contributed by atoms with van der Waals surface area (Å²) in [6.45, 7) is 2.97. The summed E-state index contributed by atoms with van der Waals surface area (Å²) < 4.78 is 20.2. The van der Waals surface area contributed by atoms with Crippen molar-refractivity contribution in [3.63, 3.8) is 0 Å². The summed E-state index contributed by atoms with van der Waals surface area (Å²) in [6.07, 6.45) is -2.52. The lowest BCUT2D eigenvalue weighted by Crippen LogP contribution is -2.46. The number of nitrogens with one attached hydrogen (secondary N) is 1. The van der Waals surface area contributed by atoms with Crippen LogP contribution in [0.2, 0.25) is 0 Å². The predicted molar refractivity (Wildman–Crippen MR) is 66.9 cm³/mol. The topological polar surface area (TPSA) is 149 Å². The van der Waals surface area contributed by atoms with Gasteiger partial charge in [0.05, 0.1) is 6.61 Å². The molecule has 118 valence electrons. The molecule has 2 aliphatic rings. The van der Waals surface area contributed by atoms with Crippen molar-refractivity contribution >= 4 is 13.7 Å². The van der Waals surface area contributed by atoms with Crippen molar-refractivity contribution in [3.05, 3.63) is 24.7 Å². The van der Waals surface area contributed by atoms with E-state index >= 15 is 0 Å². The van der Waals surface area contributed by atoms with Gasteiger partial charge >= 0.3 is 7.82 Å². The van der Waals surface area contributed by atoms with Crippen LogP contribution in [-0.4, -0.2) is 62.0 Å². The van der Waals surface area contributed by atoms with Crippen molar-refractivity contribution < 1.29 is 38.6 Å². The second-order valence-corrected chi connectivity index (χ2v) is 5.73. The van der Waals surface area contributed by atoms with Gasteiger partial charge in [-0.25, -0.2) is 4.57 Å². The lowest BCUT2D eigenvalue weighted by Gasteiger charge is -2.32. The number of carbonyl (C=O) groups excluding carboxylic acids is 1. The molecule has 21 heavy (non-hydrogen) atoms. The zero-order valence-electron chi connectivity index (χ0n) is 10.7. The average molecular weight is 322 g/mol. The monoisotopic (exact) mass is 322 g/mol. The summed E-state index contributed by atoms with van der Waals surface area (Å²) in [5, 5.41) is 22.1. The van der Waals surface area contributed by atoms with E-state index in [0.29, 0.717) is 0 Å². The highest BCUT2D eigenvalue weighted by molar-refractivity contribution is 7.46. The fourth-order valence-electron chi connectivity index (χ4n) is 1.99. The molecule has 1 saturated heterocycles. The molecule has 4 atom stereocenters. The number of hydrogen-bond donors (Lipinski definition) is 5. The number of hydrogen-bond acceptors (Lipinski definition) is 7. The smallest absolute Gasteiger partial charge is 0.387 e. The van der Waals surface area contributed by atoms with Crippen LogP contribution in [0.15, 0.2) is 24.7 Å². The normalized spacial score (nSPS) is 33.4. The van der Waals surface area contributed by atoms with E-state index in [4.69, 9.17) is 14.5 Å².